The molecular formula is C28H28N2O5. The summed E-state index contributed by atoms with van der Waals surface area (Å²) >= 11 is 0. The molecule has 3 heterocycles. The van der Waals surface area contributed by atoms with Crippen molar-refractivity contribution in [2.45, 2.75) is 61.8 Å². The lowest BCUT2D eigenvalue weighted by molar-refractivity contribution is -0.320. The number of fused-ring (bicyclic) bond motifs is 4. The number of hydrogen-bond donors (Lipinski definition) is 2. The number of imide groups is 1. The number of rotatable bonds is 3. The highest BCUT2D eigenvalue weighted by Gasteiger charge is 2.85. The smallest absolute Gasteiger partial charge is 0.261 e. The number of piperidine rings is 1. The quantitative estimate of drug-likeness (QED) is 0.668. The van der Waals surface area contributed by atoms with Crippen molar-refractivity contribution in [3.05, 3.63) is 58.7 Å². The Morgan fingerprint density at radius 1 is 1.06 bits per heavy atom. The van der Waals surface area contributed by atoms with Crippen LogP contribution in [0.4, 0.5) is 0 Å². The maximum atomic E-state index is 13.5. The number of hydrogen-bond acceptors (Lipinski definition) is 6. The van der Waals surface area contributed by atoms with Crippen LogP contribution in [-0.2, 0) is 5.41 Å². The fourth-order valence-corrected chi connectivity index (χ4v) is 8.45. The molecule has 35 heavy (non-hydrogen) atoms. The molecule has 0 bridgehead atoms. The van der Waals surface area contributed by atoms with E-state index in [2.05, 4.69) is 4.90 Å². The van der Waals surface area contributed by atoms with Crippen LogP contribution < -0.4 is 4.74 Å². The molecule has 1 saturated heterocycles. The lowest BCUT2D eigenvalue weighted by atomic mass is 9.35. The number of carbonyl (C=O) groups excluding carboxylic acids is 2. The van der Waals surface area contributed by atoms with Gasteiger partial charge in [-0.3, -0.25) is 19.4 Å². The summed E-state index contributed by atoms with van der Waals surface area (Å²) < 4.78 is 6.54. The van der Waals surface area contributed by atoms with Crippen molar-refractivity contribution in [3.8, 4) is 11.5 Å². The highest BCUT2D eigenvalue weighted by Crippen LogP contribution is 2.73. The number of nitrogens with zero attached hydrogens (tertiary/aromatic N) is 2. The molecule has 8 rings (SSSR count). The summed E-state index contributed by atoms with van der Waals surface area (Å²) in [6.45, 7) is 3.89. The van der Waals surface area contributed by atoms with E-state index in [4.69, 9.17) is 4.74 Å². The van der Waals surface area contributed by atoms with E-state index in [-0.39, 0.29) is 29.5 Å². The first-order valence-corrected chi connectivity index (χ1v) is 12.8. The number of aryl methyl sites for hydroxylation is 1. The van der Waals surface area contributed by atoms with Crippen molar-refractivity contribution in [2.75, 3.05) is 13.1 Å². The van der Waals surface area contributed by atoms with E-state index in [1.807, 2.05) is 13.0 Å². The summed E-state index contributed by atoms with van der Waals surface area (Å²) in [5.74, 6) is 0.773. The van der Waals surface area contributed by atoms with Gasteiger partial charge in [-0.2, -0.15) is 0 Å². The number of carbonyl (C=O) groups is 2. The molecule has 3 aliphatic carbocycles. The maximum Gasteiger partial charge on any atom is 0.261 e. The summed E-state index contributed by atoms with van der Waals surface area (Å²) in [6, 6.07) is 10.0. The lowest BCUT2D eigenvalue weighted by Crippen LogP contribution is -2.92. The topological polar surface area (TPSA) is 90.3 Å². The van der Waals surface area contributed by atoms with Crippen molar-refractivity contribution in [1.82, 2.24) is 9.80 Å². The molecule has 7 nitrogen and oxygen atoms in total. The zero-order valence-corrected chi connectivity index (χ0v) is 19.6. The van der Waals surface area contributed by atoms with Gasteiger partial charge in [0.15, 0.2) is 11.5 Å². The first kappa shape index (κ1) is 20.3. The Hall–Kier alpha value is -2.90. The van der Waals surface area contributed by atoms with E-state index in [1.165, 1.54) is 17.7 Å². The molecule has 4 fully saturated rings. The predicted molar refractivity (Wildman–Crippen MR) is 125 cm³/mol. The van der Waals surface area contributed by atoms with E-state index in [0.717, 1.165) is 30.1 Å². The first-order chi connectivity index (χ1) is 16.9. The molecule has 0 aromatic heterocycles. The second-order valence-corrected chi connectivity index (χ2v) is 11.5. The summed E-state index contributed by atoms with van der Waals surface area (Å²) in [5, 5.41) is 23.2. The van der Waals surface area contributed by atoms with Crippen molar-refractivity contribution < 1.29 is 24.5 Å². The third kappa shape index (κ3) is 2.13. The molecule has 3 saturated carbocycles. The van der Waals surface area contributed by atoms with Crippen LogP contribution in [0.3, 0.4) is 0 Å². The predicted octanol–water partition coefficient (Wildman–Crippen LogP) is 2.61. The largest absolute Gasteiger partial charge is 0.504 e. The number of phenols is 1. The number of benzene rings is 2. The van der Waals surface area contributed by atoms with Gasteiger partial charge in [-0.05, 0) is 62.3 Å². The molecule has 1 unspecified atom stereocenters. The van der Waals surface area contributed by atoms with Crippen molar-refractivity contribution in [2.24, 2.45) is 11.8 Å². The molecule has 2 N–H and O–H groups in total. The standard InChI is InChI=1S/C28H28N2O5/c1-14-6-9-20(31)22-21(14)28-18-13-29(12-15-7-8-15)23(18)27(28,34)11-10-19(24(28)35-22)30-25(32)16-4-2-3-5-17(16)26(30)33/h2-6,9,15,18-19,23-24,31,34H,7-8,10-13H2,1H3/t18?,19-,23+,24-,27+,28-/m0/s1. The second kappa shape index (κ2) is 6.26. The number of phenolic OH excluding ortho intramolecular Hbond substituents is 1. The Labute approximate surface area is 203 Å². The molecule has 2 amide bonds. The van der Waals surface area contributed by atoms with Gasteiger partial charge in [-0.1, -0.05) is 18.2 Å². The van der Waals surface area contributed by atoms with Crippen LogP contribution in [0.2, 0.25) is 0 Å². The Balaban J connectivity index is 1.26. The van der Waals surface area contributed by atoms with Gasteiger partial charge in [0.05, 0.1) is 28.2 Å². The minimum absolute atomic E-state index is 0.0513. The van der Waals surface area contributed by atoms with E-state index in [0.29, 0.717) is 29.7 Å². The molecular weight excluding hydrogens is 444 g/mol. The number of ether oxygens (including phenoxy) is 1. The van der Waals surface area contributed by atoms with Gasteiger partial charge >= 0.3 is 0 Å². The Morgan fingerprint density at radius 3 is 2.46 bits per heavy atom. The molecule has 180 valence electrons. The van der Waals surface area contributed by atoms with Gasteiger partial charge < -0.3 is 14.9 Å². The fraction of sp³-hybridized carbons (Fsp3) is 0.500. The average Bonchev–Trinajstić information content (AvgIpc) is 3.52. The van der Waals surface area contributed by atoms with Crippen LogP contribution in [-0.4, -0.2) is 68.7 Å². The molecule has 0 radical (unpaired) electrons. The maximum absolute atomic E-state index is 13.5. The number of likely N-dealkylation sites (tertiary alicyclic amines) is 1. The van der Waals surface area contributed by atoms with Crippen LogP contribution in [0.5, 0.6) is 11.5 Å². The third-order valence-electron chi connectivity index (χ3n) is 9.97. The van der Waals surface area contributed by atoms with Crippen LogP contribution in [0.1, 0.15) is 57.5 Å². The van der Waals surface area contributed by atoms with Gasteiger partial charge in [0.2, 0.25) is 0 Å². The minimum atomic E-state index is -1.02. The van der Waals surface area contributed by atoms with Crippen molar-refractivity contribution in [1.29, 1.82) is 0 Å². The fourth-order valence-electron chi connectivity index (χ4n) is 8.45. The Bertz CT molecular complexity index is 1300. The summed E-state index contributed by atoms with van der Waals surface area (Å²) in [7, 11) is 0. The second-order valence-electron chi connectivity index (χ2n) is 11.5. The third-order valence-corrected chi connectivity index (χ3v) is 9.97. The van der Waals surface area contributed by atoms with Crippen molar-refractivity contribution >= 4 is 11.8 Å². The van der Waals surface area contributed by atoms with E-state index >= 15 is 0 Å². The van der Waals surface area contributed by atoms with Gasteiger partial charge in [0.25, 0.3) is 11.8 Å². The Morgan fingerprint density at radius 2 is 1.77 bits per heavy atom. The van der Waals surface area contributed by atoms with Crippen LogP contribution in [0.25, 0.3) is 0 Å². The monoisotopic (exact) mass is 472 g/mol. The molecule has 2 aromatic rings. The summed E-state index contributed by atoms with van der Waals surface area (Å²) in [4.78, 5) is 30.7. The number of amides is 2. The molecule has 3 aliphatic heterocycles. The highest BCUT2D eigenvalue weighted by atomic mass is 16.5. The zero-order valence-electron chi connectivity index (χ0n) is 19.6. The molecule has 6 aliphatic rings. The molecule has 7 heteroatoms. The summed E-state index contributed by atoms with van der Waals surface area (Å²) in [6.07, 6.45) is 2.90. The minimum Gasteiger partial charge on any atom is -0.504 e. The number of aliphatic hydroxyl groups is 1. The molecule has 2 aromatic carbocycles. The van der Waals surface area contributed by atoms with Crippen LogP contribution >= 0.6 is 0 Å². The lowest BCUT2D eigenvalue weighted by Gasteiger charge is -2.78. The van der Waals surface area contributed by atoms with E-state index < -0.39 is 23.2 Å². The van der Waals surface area contributed by atoms with Gasteiger partial charge in [-0.15, -0.1) is 0 Å². The molecule has 6 atom stereocenters. The zero-order chi connectivity index (χ0) is 23.9. The average molecular weight is 473 g/mol. The van der Waals surface area contributed by atoms with Crippen LogP contribution in [0.15, 0.2) is 36.4 Å². The van der Waals surface area contributed by atoms with Gasteiger partial charge in [-0.25, -0.2) is 0 Å². The number of aromatic hydroxyl groups is 1. The first-order valence-electron chi connectivity index (χ1n) is 12.8. The van der Waals surface area contributed by atoms with Gasteiger partial charge in [0, 0.05) is 30.6 Å². The van der Waals surface area contributed by atoms with Crippen LogP contribution in [0, 0.1) is 18.8 Å². The normalized spacial score (nSPS) is 38.5. The Kier molecular flexibility index (Phi) is 3.63. The molecule has 1 spiro atoms. The highest BCUT2D eigenvalue weighted by molar-refractivity contribution is 6.21. The van der Waals surface area contributed by atoms with E-state index in [1.54, 1.807) is 30.3 Å². The van der Waals surface area contributed by atoms with Crippen molar-refractivity contribution in [3.63, 3.8) is 0 Å². The van der Waals surface area contributed by atoms with E-state index in [9.17, 15) is 19.8 Å². The summed E-state index contributed by atoms with van der Waals surface area (Å²) in [5.41, 5.74) is 0.933. The SMILES string of the molecule is Cc1ccc(O)c2c1[C@]13C4CN(CC5CC5)[C@H]4[C@]1(O)CC[C@H](N1C(=O)c4ccccc4C1=O)[C@@H]3O2. The van der Waals surface area contributed by atoms with Gasteiger partial charge in [0.1, 0.15) is 6.10 Å².